The zero-order chi connectivity index (χ0) is 13.2. The molecule has 3 N–H and O–H groups in total. The van der Waals surface area contributed by atoms with Crippen LogP contribution in [0, 0.1) is 12.2 Å². The monoisotopic (exact) mass is 251 g/mol. The summed E-state index contributed by atoms with van der Waals surface area (Å²) in [4.78, 5) is 6.27. The van der Waals surface area contributed by atoms with Crippen molar-refractivity contribution < 1.29 is 24.7 Å². The summed E-state index contributed by atoms with van der Waals surface area (Å²) < 4.78 is 5.55. The van der Waals surface area contributed by atoms with Crippen molar-refractivity contribution in [1.82, 2.24) is 5.32 Å². The average Bonchev–Trinajstić information content (AvgIpc) is 2.80. The highest BCUT2D eigenvalue weighted by Crippen LogP contribution is 2.18. The van der Waals surface area contributed by atoms with Gasteiger partial charge in [-0.25, -0.2) is 0 Å². The fourth-order valence-corrected chi connectivity index (χ4v) is 1.34. The van der Waals surface area contributed by atoms with Crippen molar-refractivity contribution >= 4 is 11.0 Å². The van der Waals surface area contributed by atoms with E-state index < -0.39 is 0 Å². The van der Waals surface area contributed by atoms with E-state index in [0.29, 0.717) is 0 Å². The molecule has 1 aromatic carbocycles. The quantitative estimate of drug-likeness (QED) is 0.430. The van der Waals surface area contributed by atoms with Gasteiger partial charge in [0.1, 0.15) is 11.3 Å². The molecular weight excluding hydrogens is 238 g/mol. The van der Waals surface area contributed by atoms with Crippen molar-refractivity contribution in [3.05, 3.63) is 36.1 Å². The van der Waals surface area contributed by atoms with Crippen LogP contribution in [0.2, 0.25) is 0 Å². The molecule has 96 valence electrons. The SMILES string of the molecule is CNCc1cc2ccccc2o1.OOC#COO. The number of benzene rings is 1. The van der Waals surface area contributed by atoms with E-state index in [4.69, 9.17) is 14.9 Å². The fraction of sp³-hybridized carbons (Fsp3) is 0.167. The zero-order valence-corrected chi connectivity index (χ0v) is 9.71. The molecule has 0 spiro atoms. The van der Waals surface area contributed by atoms with E-state index in [0.717, 1.165) is 17.9 Å². The molecule has 1 aromatic heterocycles. The van der Waals surface area contributed by atoms with Crippen LogP contribution in [0.4, 0.5) is 0 Å². The Morgan fingerprint density at radius 3 is 2.44 bits per heavy atom. The first-order chi connectivity index (χ1) is 8.81. The second-order valence-corrected chi connectivity index (χ2v) is 3.17. The number of fused-ring (bicyclic) bond motifs is 1. The third-order valence-corrected chi connectivity index (χ3v) is 1.96. The summed E-state index contributed by atoms with van der Waals surface area (Å²) in [5.74, 6) is 0.985. The highest BCUT2D eigenvalue weighted by molar-refractivity contribution is 5.77. The summed E-state index contributed by atoms with van der Waals surface area (Å²) in [6.07, 6.45) is 3.06. The molecule has 2 rings (SSSR count). The maximum atomic E-state index is 7.33. The lowest BCUT2D eigenvalue weighted by atomic mass is 10.2. The summed E-state index contributed by atoms with van der Waals surface area (Å²) in [6, 6.07) is 10.1. The lowest BCUT2D eigenvalue weighted by molar-refractivity contribution is -0.188. The van der Waals surface area contributed by atoms with Gasteiger partial charge in [0.05, 0.1) is 6.54 Å². The molecule has 18 heavy (non-hydrogen) atoms. The number of hydrogen-bond acceptors (Lipinski definition) is 6. The fourth-order valence-electron chi connectivity index (χ4n) is 1.34. The molecule has 1 heterocycles. The third-order valence-electron chi connectivity index (χ3n) is 1.96. The Balaban J connectivity index is 0.000000232. The minimum absolute atomic E-state index is 0.786. The largest absolute Gasteiger partial charge is 0.460 e. The topological polar surface area (TPSA) is 84.1 Å². The van der Waals surface area contributed by atoms with E-state index in [1.807, 2.05) is 25.2 Å². The Hall–Kier alpha value is -2.20. The molecule has 2 aromatic rings. The molecule has 0 aliphatic rings. The van der Waals surface area contributed by atoms with Gasteiger partial charge in [-0.3, -0.25) is 9.78 Å². The second-order valence-electron chi connectivity index (χ2n) is 3.17. The summed E-state index contributed by atoms with van der Waals surface area (Å²) in [7, 11) is 1.91. The predicted molar refractivity (Wildman–Crippen MR) is 64.2 cm³/mol. The number of nitrogens with one attached hydrogen (secondary N) is 1. The Kier molecular flexibility index (Phi) is 6.14. The highest BCUT2D eigenvalue weighted by atomic mass is 17.1. The lowest BCUT2D eigenvalue weighted by Crippen LogP contribution is -2.03. The number of furan rings is 1. The van der Waals surface area contributed by atoms with Crippen molar-refractivity contribution in [2.75, 3.05) is 7.05 Å². The van der Waals surface area contributed by atoms with Crippen molar-refractivity contribution in [1.29, 1.82) is 0 Å². The third kappa shape index (κ3) is 4.35. The summed E-state index contributed by atoms with van der Waals surface area (Å²) >= 11 is 0. The van der Waals surface area contributed by atoms with E-state index in [9.17, 15) is 0 Å². The number of hydrogen-bond donors (Lipinski definition) is 3. The Bertz CT molecular complexity index is 485. The maximum Gasteiger partial charge on any atom is 0.204 e. The Morgan fingerprint density at radius 1 is 1.22 bits per heavy atom. The van der Waals surface area contributed by atoms with Gasteiger partial charge < -0.3 is 9.73 Å². The first-order valence-electron chi connectivity index (χ1n) is 5.04. The van der Waals surface area contributed by atoms with Crippen LogP contribution < -0.4 is 5.32 Å². The first kappa shape index (κ1) is 13.9. The van der Waals surface area contributed by atoms with Gasteiger partial charge in [-0.15, -0.1) is 0 Å². The van der Waals surface area contributed by atoms with E-state index in [1.54, 1.807) is 0 Å². The lowest BCUT2D eigenvalue weighted by Gasteiger charge is -1.90. The standard InChI is InChI=1S/C10H11NO.C2H2O4/c1-11-7-9-6-8-4-2-3-5-10(8)12-9;3-5-1-2-6-4/h2-6,11H,7H2,1H3;3-4H. The van der Waals surface area contributed by atoms with Crippen molar-refractivity contribution in [2.24, 2.45) is 0 Å². The molecule has 0 saturated heterocycles. The summed E-state index contributed by atoms with van der Waals surface area (Å²) in [6.45, 7) is 0.786. The average molecular weight is 251 g/mol. The molecule has 0 amide bonds. The molecule has 0 radical (unpaired) electrons. The van der Waals surface area contributed by atoms with E-state index >= 15 is 0 Å². The Labute approximate surface area is 104 Å². The van der Waals surface area contributed by atoms with Crippen molar-refractivity contribution in [3.8, 4) is 12.2 Å². The van der Waals surface area contributed by atoms with Crippen LogP contribution in [0.3, 0.4) is 0 Å². The van der Waals surface area contributed by atoms with Crippen LogP contribution >= 0.6 is 0 Å². The zero-order valence-electron chi connectivity index (χ0n) is 9.71. The normalized spacial score (nSPS) is 8.83. The molecule has 0 fully saturated rings. The van der Waals surface area contributed by atoms with Gasteiger partial charge in [0.15, 0.2) is 0 Å². The number of rotatable bonds is 2. The van der Waals surface area contributed by atoms with E-state index in [-0.39, 0.29) is 0 Å². The second kappa shape index (κ2) is 7.97. The van der Waals surface area contributed by atoms with Crippen LogP contribution in [-0.4, -0.2) is 17.6 Å². The maximum absolute atomic E-state index is 7.33. The minimum Gasteiger partial charge on any atom is -0.460 e. The van der Waals surface area contributed by atoms with Crippen LogP contribution in [0.5, 0.6) is 0 Å². The van der Waals surface area contributed by atoms with Crippen LogP contribution in [0.15, 0.2) is 34.7 Å². The van der Waals surface area contributed by atoms with Crippen molar-refractivity contribution in [3.63, 3.8) is 0 Å². The molecule has 0 atom stereocenters. The smallest absolute Gasteiger partial charge is 0.204 e. The van der Waals surface area contributed by atoms with Gasteiger partial charge in [0.2, 0.25) is 12.2 Å². The minimum atomic E-state index is 0.786. The summed E-state index contributed by atoms with van der Waals surface area (Å²) in [5.41, 5.74) is 0.961. The summed E-state index contributed by atoms with van der Waals surface area (Å²) in [5, 5.41) is 18.9. The van der Waals surface area contributed by atoms with Crippen LogP contribution in [0.25, 0.3) is 11.0 Å². The van der Waals surface area contributed by atoms with Gasteiger partial charge in [-0.05, 0) is 19.2 Å². The molecule has 0 bridgehead atoms. The molecule has 0 unspecified atom stereocenters. The first-order valence-corrected chi connectivity index (χ1v) is 5.04. The van der Waals surface area contributed by atoms with E-state index in [2.05, 4.69) is 27.2 Å². The van der Waals surface area contributed by atoms with Gasteiger partial charge in [0.25, 0.3) is 0 Å². The van der Waals surface area contributed by atoms with Crippen molar-refractivity contribution in [2.45, 2.75) is 6.54 Å². The molecule has 0 aliphatic heterocycles. The molecular formula is C12H13NO5. The highest BCUT2D eigenvalue weighted by Gasteiger charge is 1.99. The van der Waals surface area contributed by atoms with Gasteiger partial charge in [-0.1, -0.05) is 18.2 Å². The molecule has 6 nitrogen and oxygen atoms in total. The molecule has 6 heteroatoms. The Morgan fingerprint density at radius 2 is 1.89 bits per heavy atom. The van der Waals surface area contributed by atoms with E-state index in [1.165, 1.54) is 17.6 Å². The predicted octanol–water partition coefficient (Wildman–Crippen LogP) is 2.04. The molecule has 0 saturated carbocycles. The van der Waals surface area contributed by atoms with Crippen LogP contribution in [0.1, 0.15) is 5.76 Å². The number of para-hydroxylation sites is 1. The van der Waals surface area contributed by atoms with Crippen LogP contribution in [-0.2, 0) is 16.3 Å². The molecule has 0 aliphatic carbocycles. The van der Waals surface area contributed by atoms with Gasteiger partial charge >= 0.3 is 0 Å². The van der Waals surface area contributed by atoms with Gasteiger partial charge in [-0.2, -0.15) is 10.5 Å². The van der Waals surface area contributed by atoms with Gasteiger partial charge in [0, 0.05) is 5.39 Å².